The summed E-state index contributed by atoms with van der Waals surface area (Å²) in [6.45, 7) is 0. The van der Waals surface area contributed by atoms with Gasteiger partial charge in [0.2, 0.25) is 5.91 Å². The van der Waals surface area contributed by atoms with Crippen molar-refractivity contribution in [3.05, 3.63) is 84.2 Å². The molecule has 2 amide bonds. The molecular weight excluding hydrogens is 335 g/mol. The number of hydroxylamine groups is 1. The second-order valence-corrected chi connectivity index (χ2v) is 5.95. The van der Waals surface area contributed by atoms with Crippen molar-refractivity contribution in [2.75, 3.05) is 5.32 Å². The van der Waals surface area contributed by atoms with Crippen LogP contribution in [0.5, 0.6) is 0 Å². The Morgan fingerprint density at radius 3 is 2.35 bits per heavy atom. The fourth-order valence-electron chi connectivity index (χ4n) is 2.85. The number of carbonyl (C=O) groups is 2. The van der Waals surface area contributed by atoms with Gasteiger partial charge in [0.15, 0.2) is 5.41 Å². The highest BCUT2D eigenvalue weighted by Crippen LogP contribution is 2.35. The number of rotatable bonds is 4. The van der Waals surface area contributed by atoms with Crippen LogP contribution in [0.3, 0.4) is 0 Å². The first kappa shape index (κ1) is 17.6. The SMILES string of the molecule is O=C(NO)C1(C(=O)Nc2ccc(F)cc2)C=C(c2ccccc2)C=CC1. The number of hydrogen-bond donors (Lipinski definition) is 3. The highest BCUT2D eigenvalue weighted by molar-refractivity contribution is 6.13. The van der Waals surface area contributed by atoms with Gasteiger partial charge in [-0.1, -0.05) is 48.6 Å². The summed E-state index contributed by atoms with van der Waals surface area (Å²) < 4.78 is 13.0. The number of amides is 2. The van der Waals surface area contributed by atoms with Crippen LogP contribution in [0.2, 0.25) is 0 Å². The van der Waals surface area contributed by atoms with Crippen molar-refractivity contribution in [3.8, 4) is 0 Å². The number of nitrogens with one attached hydrogen (secondary N) is 2. The van der Waals surface area contributed by atoms with Gasteiger partial charge in [-0.15, -0.1) is 0 Å². The smallest absolute Gasteiger partial charge is 0.263 e. The van der Waals surface area contributed by atoms with Gasteiger partial charge in [-0.05, 0) is 41.8 Å². The maximum atomic E-state index is 13.0. The molecule has 1 aliphatic carbocycles. The Morgan fingerprint density at radius 2 is 1.69 bits per heavy atom. The largest absolute Gasteiger partial charge is 0.325 e. The second kappa shape index (κ2) is 7.33. The highest BCUT2D eigenvalue weighted by atomic mass is 19.1. The van der Waals surface area contributed by atoms with Gasteiger partial charge in [0, 0.05) is 5.69 Å². The van der Waals surface area contributed by atoms with E-state index in [1.807, 2.05) is 36.4 Å². The van der Waals surface area contributed by atoms with Crippen molar-refractivity contribution in [2.24, 2.45) is 5.41 Å². The molecule has 3 rings (SSSR count). The molecule has 0 radical (unpaired) electrons. The third-order valence-electron chi connectivity index (χ3n) is 4.26. The third kappa shape index (κ3) is 3.41. The minimum atomic E-state index is -1.62. The van der Waals surface area contributed by atoms with Crippen molar-refractivity contribution in [3.63, 3.8) is 0 Å². The summed E-state index contributed by atoms with van der Waals surface area (Å²) in [7, 11) is 0. The lowest BCUT2D eigenvalue weighted by Gasteiger charge is -2.29. The zero-order chi connectivity index (χ0) is 18.6. The zero-order valence-corrected chi connectivity index (χ0v) is 13.8. The molecule has 0 saturated carbocycles. The van der Waals surface area contributed by atoms with E-state index in [1.165, 1.54) is 30.3 Å². The Hall–Kier alpha value is -3.25. The average molecular weight is 352 g/mol. The summed E-state index contributed by atoms with van der Waals surface area (Å²) >= 11 is 0. The molecule has 26 heavy (non-hydrogen) atoms. The van der Waals surface area contributed by atoms with E-state index in [0.717, 1.165) is 5.56 Å². The van der Waals surface area contributed by atoms with E-state index in [4.69, 9.17) is 0 Å². The third-order valence-corrected chi connectivity index (χ3v) is 4.26. The van der Waals surface area contributed by atoms with Crippen molar-refractivity contribution < 1.29 is 19.2 Å². The summed E-state index contributed by atoms with van der Waals surface area (Å²) in [4.78, 5) is 25.3. The lowest BCUT2D eigenvalue weighted by atomic mass is 9.76. The molecule has 6 heteroatoms. The molecule has 0 heterocycles. The standard InChI is InChI=1S/C20H17FN2O3/c21-16-8-10-17(11-9-16)22-18(24)20(19(25)23-26)12-4-7-15(13-20)14-5-2-1-3-6-14/h1-11,13,26H,12H2,(H,22,24)(H,23,25). The Bertz CT molecular complexity index is 876. The molecule has 1 aliphatic rings. The number of carbonyl (C=O) groups excluding carboxylic acids is 2. The molecule has 0 bridgehead atoms. The molecule has 1 atom stereocenters. The molecule has 1 unspecified atom stereocenters. The number of hydrogen-bond acceptors (Lipinski definition) is 3. The Kier molecular flexibility index (Phi) is 4.95. The number of allylic oxidation sites excluding steroid dienone is 3. The average Bonchev–Trinajstić information content (AvgIpc) is 2.69. The lowest BCUT2D eigenvalue weighted by molar-refractivity contribution is -0.143. The molecule has 0 fully saturated rings. The van der Waals surface area contributed by atoms with Crippen LogP contribution in [-0.2, 0) is 9.59 Å². The fourth-order valence-corrected chi connectivity index (χ4v) is 2.85. The van der Waals surface area contributed by atoms with E-state index >= 15 is 0 Å². The van der Waals surface area contributed by atoms with E-state index in [9.17, 15) is 19.2 Å². The Morgan fingerprint density at radius 1 is 1.00 bits per heavy atom. The van der Waals surface area contributed by atoms with E-state index in [1.54, 1.807) is 11.6 Å². The van der Waals surface area contributed by atoms with Crippen LogP contribution >= 0.6 is 0 Å². The molecule has 0 aliphatic heterocycles. The summed E-state index contributed by atoms with van der Waals surface area (Å²) in [5.41, 5.74) is 1.85. The van der Waals surface area contributed by atoms with Crippen LogP contribution in [-0.4, -0.2) is 17.0 Å². The Balaban J connectivity index is 1.97. The predicted octanol–water partition coefficient (Wildman–Crippen LogP) is 3.30. The molecule has 5 nitrogen and oxygen atoms in total. The molecule has 0 spiro atoms. The van der Waals surface area contributed by atoms with Crippen LogP contribution in [0.15, 0.2) is 72.8 Å². The number of halogens is 1. The monoisotopic (exact) mass is 352 g/mol. The van der Waals surface area contributed by atoms with E-state index in [-0.39, 0.29) is 6.42 Å². The lowest BCUT2D eigenvalue weighted by Crippen LogP contribution is -2.47. The van der Waals surface area contributed by atoms with Crippen molar-refractivity contribution in [2.45, 2.75) is 6.42 Å². The first-order valence-electron chi connectivity index (χ1n) is 8.01. The maximum absolute atomic E-state index is 13.0. The normalized spacial score (nSPS) is 18.8. The zero-order valence-electron chi connectivity index (χ0n) is 13.8. The van der Waals surface area contributed by atoms with Gasteiger partial charge in [-0.2, -0.15) is 0 Å². The van der Waals surface area contributed by atoms with Crippen LogP contribution in [0.4, 0.5) is 10.1 Å². The molecule has 3 N–H and O–H groups in total. The molecule has 2 aromatic carbocycles. The van der Waals surface area contributed by atoms with E-state index in [2.05, 4.69) is 5.32 Å². The molecular formula is C20H17FN2O3. The summed E-state index contributed by atoms with van der Waals surface area (Å²) in [5.74, 6) is -1.89. The van der Waals surface area contributed by atoms with Gasteiger partial charge in [0.1, 0.15) is 5.82 Å². The molecule has 132 valence electrons. The molecule has 0 saturated heterocycles. The van der Waals surface area contributed by atoms with Gasteiger partial charge in [-0.25, -0.2) is 9.87 Å². The Labute approximate surface area is 149 Å². The van der Waals surface area contributed by atoms with E-state index < -0.39 is 23.0 Å². The summed E-state index contributed by atoms with van der Waals surface area (Å²) in [6, 6.07) is 14.5. The van der Waals surface area contributed by atoms with Gasteiger partial charge < -0.3 is 5.32 Å². The molecule has 2 aromatic rings. The van der Waals surface area contributed by atoms with Gasteiger partial charge >= 0.3 is 0 Å². The fraction of sp³-hybridized carbons (Fsp3) is 0.100. The van der Waals surface area contributed by atoms with Crippen molar-refractivity contribution in [1.82, 2.24) is 5.48 Å². The highest BCUT2D eigenvalue weighted by Gasteiger charge is 2.44. The van der Waals surface area contributed by atoms with Crippen LogP contribution < -0.4 is 10.8 Å². The van der Waals surface area contributed by atoms with Crippen molar-refractivity contribution in [1.29, 1.82) is 0 Å². The number of anilines is 1. The topological polar surface area (TPSA) is 78.4 Å². The summed E-state index contributed by atoms with van der Waals surface area (Å²) in [6.07, 6.45) is 5.15. The van der Waals surface area contributed by atoms with Crippen LogP contribution in [0.25, 0.3) is 5.57 Å². The minimum Gasteiger partial charge on any atom is -0.325 e. The minimum absolute atomic E-state index is 0.0861. The quantitative estimate of drug-likeness (QED) is 0.449. The van der Waals surface area contributed by atoms with Crippen LogP contribution in [0.1, 0.15) is 12.0 Å². The first-order chi connectivity index (χ1) is 12.5. The maximum Gasteiger partial charge on any atom is 0.263 e. The second-order valence-electron chi connectivity index (χ2n) is 5.95. The van der Waals surface area contributed by atoms with Gasteiger partial charge in [0.25, 0.3) is 5.91 Å². The predicted molar refractivity (Wildman–Crippen MR) is 95.6 cm³/mol. The van der Waals surface area contributed by atoms with E-state index in [0.29, 0.717) is 11.3 Å². The number of benzene rings is 2. The van der Waals surface area contributed by atoms with Crippen molar-refractivity contribution >= 4 is 23.1 Å². The molecule has 0 aromatic heterocycles. The first-order valence-corrected chi connectivity index (χ1v) is 8.01. The van der Waals surface area contributed by atoms with Crippen LogP contribution in [0, 0.1) is 11.2 Å². The van der Waals surface area contributed by atoms with Gasteiger partial charge in [0.05, 0.1) is 0 Å². The summed E-state index contributed by atoms with van der Waals surface area (Å²) in [5, 5.41) is 11.8. The van der Waals surface area contributed by atoms with Gasteiger partial charge in [-0.3, -0.25) is 14.8 Å².